The van der Waals surface area contributed by atoms with Crippen LogP contribution in [0.3, 0.4) is 0 Å². The summed E-state index contributed by atoms with van der Waals surface area (Å²) in [4.78, 5) is 20.4. The summed E-state index contributed by atoms with van der Waals surface area (Å²) in [5.74, 6) is -0.0823. The third-order valence-corrected chi connectivity index (χ3v) is 4.37. The quantitative estimate of drug-likeness (QED) is 0.417. The van der Waals surface area contributed by atoms with Gasteiger partial charge in [-0.25, -0.2) is 4.98 Å². The van der Waals surface area contributed by atoms with Crippen LogP contribution in [-0.2, 0) is 0 Å². The average Bonchev–Trinajstić information content (AvgIpc) is 3.06. The molecule has 0 fully saturated rings. The highest BCUT2D eigenvalue weighted by Gasteiger charge is 2.18. The number of ketones is 1. The molecule has 3 N–H and O–H groups in total. The van der Waals surface area contributed by atoms with Crippen molar-refractivity contribution >= 4 is 34.1 Å². The number of carbonyl (C=O) groups is 1. The van der Waals surface area contributed by atoms with E-state index in [1.807, 2.05) is 30.3 Å². The highest BCUT2D eigenvalue weighted by molar-refractivity contribution is 6.30. The van der Waals surface area contributed by atoms with Crippen molar-refractivity contribution in [3.05, 3.63) is 83.1 Å². The molecule has 0 aliphatic rings. The van der Waals surface area contributed by atoms with Crippen LogP contribution >= 0.6 is 11.6 Å². The first kappa shape index (κ1) is 15.4. The first-order valence-corrected chi connectivity index (χ1v) is 8.13. The number of carbonyl (C=O) groups excluding carboxylic acids is 1. The van der Waals surface area contributed by atoms with Gasteiger partial charge in [0.2, 0.25) is 0 Å². The average molecular weight is 348 g/mol. The Kier molecular flexibility index (Phi) is 3.75. The van der Waals surface area contributed by atoms with Gasteiger partial charge in [-0.2, -0.15) is 0 Å². The number of aromatic nitrogens is 2. The lowest BCUT2D eigenvalue weighted by molar-refractivity contribution is 0.104. The van der Waals surface area contributed by atoms with E-state index in [1.54, 1.807) is 36.7 Å². The van der Waals surface area contributed by atoms with Crippen molar-refractivity contribution in [1.82, 2.24) is 9.97 Å². The second-order valence-electron chi connectivity index (χ2n) is 5.75. The lowest BCUT2D eigenvalue weighted by Crippen LogP contribution is -2.00. The van der Waals surface area contributed by atoms with Gasteiger partial charge in [0.15, 0.2) is 5.78 Å². The van der Waals surface area contributed by atoms with Gasteiger partial charge in [-0.05, 0) is 53.6 Å². The van der Waals surface area contributed by atoms with Crippen LogP contribution in [-0.4, -0.2) is 15.8 Å². The van der Waals surface area contributed by atoms with Gasteiger partial charge in [-0.3, -0.25) is 4.79 Å². The maximum Gasteiger partial charge on any atom is 0.195 e. The smallest absolute Gasteiger partial charge is 0.195 e. The van der Waals surface area contributed by atoms with Crippen molar-refractivity contribution in [2.24, 2.45) is 0 Å². The van der Waals surface area contributed by atoms with E-state index >= 15 is 0 Å². The van der Waals surface area contributed by atoms with Gasteiger partial charge in [0, 0.05) is 34.1 Å². The van der Waals surface area contributed by atoms with Gasteiger partial charge in [0.25, 0.3) is 0 Å². The zero-order valence-corrected chi connectivity index (χ0v) is 13.9. The minimum atomic E-state index is -0.0823. The van der Waals surface area contributed by atoms with Crippen LogP contribution in [0.4, 0.5) is 5.69 Å². The summed E-state index contributed by atoms with van der Waals surface area (Å²) < 4.78 is 0. The number of nitrogens with two attached hydrogens (primary N) is 1. The number of hydrogen-bond acceptors (Lipinski definition) is 3. The molecule has 122 valence electrons. The highest BCUT2D eigenvalue weighted by Crippen LogP contribution is 2.32. The van der Waals surface area contributed by atoms with Crippen molar-refractivity contribution in [1.29, 1.82) is 0 Å². The first-order chi connectivity index (χ1) is 12.1. The van der Waals surface area contributed by atoms with Gasteiger partial charge in [-0.15, -0.1) is 0 Å². The van der Waals surface area contributed by atoms with Crippen LogP contribution in [0.2, 0.25) is 5.02 Å². The summed E-state index contributed by atoms with van der Waals surface area (Å²) in [5.41, 5.74) is 10.3. The highest BCUT2D eigenvalue weighted by atomic mass is 35.5. The summed E-state index contributed by atoms with van der Waals surface area (Å²) >= 11 is 5.92. The summed E-state index contributed by atoms with van der Waals surface area (Å²) in [6, 6.07) is 16.3. The number of benzene rings is 2. The van der Waals surface area contributed by atoms with Crippen LogP contribution in [0.5, 0.6) is 0 Å². The number of nitrogens with zero attached hydrogens (tertiary/aromatic N) is 1. The minimum absolute atomic E-state index is 0.0823. The Morgan fingerprint density at radius 2 is 1.88 bits per heavy atom. The van der Waals surface area contributed by atoms with E-state index in [-0.39, 0.29) is 5.78 Å². The Balaban J connectivity index is 1.91. The molecule has 0 unspecified atom stereocenters. The normalized spacial score (nSPS) is 10.9. The fraction of sp³-hybridized carbons (Fsp3) is 0. The van der Waals surface area contributed by atoms with Crippen LogP contribution < -0.4 is 5.73 Å². The summed E-state index contributed by atoms with van der Waals surface area (Å²) in [5, 5.41) is 1.38. The molecule has 0 bridgehead atoms. The number of hydrogen-bond donors (Lipinski definition) is 2. The Morgan fingerprint density at radius 3 is 2.64 bits per heavy atom. The molecular weight excluding hydrogens is 334 g/mol. The molecule has 2 aromatic heterocycles. The number of anilines is 1. The van der Waals surface area contributed by atoms with Gasteiger partial charge in [-0.1, -0.05) is 23.7 Å². The maximum atomic E-state index is 13.0. The SMILES string of the molecule is Nc1cccc(-c2ccnc3[nH]cc(C(=O)c4ccc(Cl)cc4)c23)c1. The van der Waals surface area contributed by atoms with E-state index in [0.717, 1.165) is 16.5 Å². The number of pyridine rings is 1. The Morgan fingerprint density at radius 1 is 1.08 bits per heavy atom. The third kappa shape index (κ3) is 2.77. The van der Waals surface area contributed by atoms with Crippen molar-refractivity contribution in [2.45, 2.75) is 0 Å². The fourth-order valence-corrected chi connectivity index (χ4v) is 3.07. The molecule has 25 heavy (non-hydrogen) atoms. The van der Waals surface area contributed by atoms with Crippen molar-refractivity contribution in [3.8, 4) is 11.1 Å². The lowest BCUT2D eigenvalue weighted by atomic mass is 9.97. The lowest BCUT2D eigenvalue weighted by Gasteiger charge is -2.07. The van der Waals surface area contributed by atoms with Gasteiger partial charge in [0.05, 0.1) is 5.56 Å². The van der Waals surface area contributed by atoms with Gasteiger partial charge < -0.3 is 10.7 Å². The number of halogens is 1. The van der Waals surface area contributed by atoms with Crippen LogP contribution in [0.25, 0.3) is 22.2 Å². The molecule has 5 heteroatoms. The molecule has 4 aromatic rings. The van der Waals surface area contributed by atoms with E-state index in [4.69, 9.17) is 17.3 Å². The Labute approximate surface area is 149 Å². The first-order valence-electron chi connectivity index (χ1n) is 7.76. The summed E-state index contributed by atoms with van der Waals surface area (Å²) in [6.07, 6.45) is 3.41. The zero-order chi connectivity index (χ0) is 17.4. The number of fused-ring (bicyclic) bond motifs is 1. The van der Waals surface area contributed by atoms with E-state index in [2.05, 4.69) is 9.97 Å². The second kappa shape index (κ2) is 6.07. The predicted octanol–water partition coefficient (Wildman–Crippen LogP) is 4.70. The standard InChI is InChI=1S/C20H14ClN3O/c21-14-6-4-12(5-7-14)19(25)17-11-24-20-18(17)16(8-9-23-20)13-2-1-3-15(22)10-13/h1-11H,22H2,(H,23,24). The molecule has 2 heterocycles. The molecule has 0 spiro atoms. The van der Waals surface area contributed by atoms with Crippen molar-refractivity contribution in [2.75, 3.05) is 5.73 Å². The largest absolute Gasteiger partial charge is 0.399 e. The molecule has 0 amide bonds. The minimum Gasteiger partial charge on any atom is -0.399 e. The van der Waals surface area contributed by atoms with Crippen molar-refractivity contribution < 1.29 is 4.79 Å². The molecule has 0 saturated heterocycles. The van der Waals surface area contributed by atoms with E-state index in [1.165, 1.54) is 0 Å². The van der Waals surface area contributed by atoms with Crippen molar-refractivity contribution in [3.63, 3.8) is 0 Å². The number of H-pyrrole nitrogens is 1. The summed E-state index contributed by atoms with van der Waals surface area (Å²) in [6.45, 7) is 0. The number of nitrogens with one attached hydrogen (secondary N) is 1. The molecule has 4 nitrogen and oxygen atoms in total. The monoisotopic (exact) mass is 347 g/mol. The number of nitrogen functional groups attached to an aromatic ring is 1. The van der Waals surface area contributed by atoms with E-state index in [9.17, 15) is 4.79 Å². The second-order valence-corrected chi connectivity index (χ2v) is 6.18. The van der Waals surface area contributed by atoms with E-state index < -0.39 is 0 Å². The Hall–Kier alpha value is -3.11. The molecule has 0 aliphatic heterocycles. The maximum absolute atomic E-state index is 13.0. The van der Waals surface area contributed by atoms with Gasteiger partial charge >= 0.3 is 0 Å². The zero-order valence-electron chi connectivity index (χ0n) is 13.2. The van der Waals surface area contributed by atoms with Crippen LogP contribution in [0.1, 0.15) is 15.9 Å². The van der Waals surface area contributed by atoms with Gasteiger partial charge in [0.1, 0.15) is 5.65 Å². The topological polar surface area (TPSA) is 71.8 Å². The predicted molar refractivity (Wildman–Crippen MR) is 101 cm³/mol. The van der Waals surface area contributed by atoms with Crippen LogP contribution in [0.15, 0.2) is 67.0 Å². The number of rotatable bonds is 3. The molecule has 0 aliphatic carbocycles. The summed E-state index contributed by atoms with van der Waals surface area (Å²) in [7, 11) is 0. The molecule has 2 aromatic carbocycles. The molecular formula is C20H14ClN3O. The molecule has 0 radical (unpaired) electrons. The fourth-order valence-electron chi connectivity index (χ4n) is 2.94. The molecule has 4 rings (SSSR count). The molecule has 0 saturated carbocycles. The van der Waals surface area contributed by atoms with Crippen LogP contribution in [0, 0.1) is 0 Å². The van der Waals surface area contributed by atoms with E-state index in [0.29, 0.717) is 27.5 Å². The Bertz CT molecular complexity index is 1080. The third-order valence-electron chi connectivity index (χ3n) is 4.12. The number of aromatic amines is 1. The molecule has 0 atom stereocenters.